The Kier molecular flexibility index (Phi) is 4.58. The van der Waals surface area contributed by atoms with Crippen LogP contribution in [0.2, 0.25) is 0 Å². The lowest BCUT2D eigenvalue weighted by Gasteiger charge is -2.32. The van der Waals surface area contributed by atoms with Gasteiger partial charge in [-0.25, -0.2) is 0 Å². The van der Waals surface area contributed by atoms with Crippen molar-refractivity contribution >= 4 is 34.1 Å². The van der Waals surface area contributed by atoms with Crippen LogP contribution in [0, 0.1) is 0 Å². The molecule has 0 radical (unpaired) electrons. The van der Waals surface area contributed by atoms with Crippen LogP contribution < -0.4 is 5.46 Å². The smallest absolute Gasteiger partial charge is 0.399 e. The van der Waals surface area contributed by atoms with Crippen molar-refractivity contribution in [1.29, 1.82) is 0 Å². The van der Waals surface area contributed by atoms with Gasteiger partial charge in [0.25, 0.3) is 0 Å². The Hall–Kier alpha value is -3.40. The molecule has 1 aliphatic heterocycles. The summed E-state index contributed by atoms with van der Waals surface area (Å²) < 4.78 is 12.8. The first-order valence-electron chi connectivity index (χ1n) is 12.8. The normalized spacial score (nSPS) is 19.6. The second-order valence-corrected chi connectivity index (χ2v) is 11.2. The van der Waals surface area contributed by atoms with Crippen molar-refractivity contribution in [2.45, 2.75) is 44.8 Å². The van der Waals surface area contributed by atoms with E-state index in [0.717, 1.165) is 5.46 Å². The fourth-order valence-corrected chi connectivity index (χ4v) is 5.90. The highest BCUT2D eigenvalue weighted by molar-refractivity contribution is 6.62. The summed E-state index contributed by atoms with van der Waals surface area (Å²) in [5.41, 5.74) is 6.97. The molecule has 0 amide bonds. The molecule has 2 nitrogen and oxygen atoms in total. The van der Waals surface area contributed by atoms with Gasteiger partial charge >= 0.3 is 7.12 Å². The van der Waals surface area contributed by atoms with Gasteiger partial charge < -0.3 is 9.31 Å². The second kappa shape index (κ2) is 7.55. The molecule has 1 heterocycles. The SMILES string of the molecule is CC1(C)OB(c2ccc3c(c2)-c2ccccc2C3c2ccc3ccc4ccccc4c3c2)OC1(C)C. The van der Waals surface area contributed by atoms with Crippen LogP contribution in [0.1, 0.15) is 50.3 Å². The van der Waals surface area contributed by atoms with Gasteiger partial charge in [0.15, 0.2) is 0 Å². The zero-order valence-corrected chi connectivity index (χ0v) is 21.2. The Labute approximate surface area is 213 Å². The van der Waals surface area contributed by atoms with Crippen LogP contribution in [0.3, 0.4) is 0 Å². The van der Waals surface area contributed by atoms with E-state index in [9.17, 15) is 0 Å². The van der Waals surface area contributed by atoms with Gasteiger partial charge in [-0.05, 0) is 88.6 Å². The minimum Gasteiger partial charge on any atom is -0.399 e. The monoisotopic (exact) mass is 468 g/mol. The third kappa shape index (κ3) is 3.13. The standard InChI is InChI=1S/C33H29BO2/c1-32(2)33(3,4)36-34(35-32)24-17-18-28-30(20-24)26-11-7-8-12-27(26)31(28)23-16-15-22-14-13-21-9-5-6-10-25(21)29(22)19-23/h5-20,31H,1-4H3. The van der Waals surface area contributed by atoms with Crippen molar-refractivity contribution in [2.75, 3.05) is 0 Å². The number of benzene rings is 5. The third-order valence-electron chi connectivity index (χ3n) is 8.58. The summed E-state index contributed by atoms with van der Waals surface area (Å²) in [5, 5.41) is 5.17. The van der Waals surface area contributed by atoms with Crippen LogP contribution in [-0.2, 0) is 9.31 Å². The van der Waals surface area contributed by atoms with Gasteiger partial charge in [0, 0.05) is 5.92 Å². The van der Waals surface area contributed by atoms with Crippen LogP contribution >= 0.6 is 0 Å². The minimum absolute atomic E-state index is 0.201. The molecular weight excluding hydrogens is 439 g/mol. The average Bonchev–Trinajstić information content (AvgIpc) is 3.32. The van der Waals surface area contributed by atoms with E-state index in [2.05, 4.69) is 125 Å². The molecule has 1 fully saturated rings. The molecule has 1 atom stereocenters. The largest absolute Gasteiger partial charge is 0.494 e. The van der Waals surface area contributed by atoms with E-state index >= 15 is 0 Å². The van der Waals surface area contributed by atoms with Crippen molar-refractivity contribution < 1.29 is 9.31 Å². The van der Waals surface area contributed by atoms with Gasteiger partial charge in [0.05, 0.1) is 11.2 Å². The van der Waals surface area contributed by atoms with Crippen LogP contribution in [0.25, 0.3) is 32.7 Å². The van der Waals surface area contributed by atoms with Crippen LogP contribution in [0.15, 0.2) is 97.1 Å². The highest BCUT2D eigenvalue weighted by Gasteiger charge is 2.52. The summed E-state index contributed by atoms with van der Waals surface area (Å²) in [4.78, 5) is 0. The minimum atomic E-state index is -0.362. The molecule has 1 unspecified atom stereocenters. The Morgan fingerprint density at radius 3 is 2.03 bits per heavy atom. The van der Waals surface area contributed by atoms with Gasteiger partial charge in [0.2, 0.25) is 0 Å². The molecule has 3 heteroatoms. The van der Waals surface area contributed by atoms with Gasteiger partial charge in [-0.1, -0.05) is 91.0 Å². The lowest BCUT2D eigenvalue weighted by atomic mass is 9.77. The van der Waals surface area contributed by atoms with E-state index in [1.165, 1.54) is 49.4 Å². The van der Waals surface area contributed by atoms with Crippen molar-refractivity contribution in [3.05, 3.63) is 114 Å². The summed E-state index contributed by atoms with van der Waals surface area (Å²) in [6.07, 6.45) is 0. The van der Waals surface area contributed by atoms with Gasteiger partial charge in [0.1, 0.15) is 0 Å². The predicted octanol–water partition coefficient (Wildman–Crippen LogP) is 7.45. The molecule has 0 N–H and O–H groups in total. The molecular formula is C33H29BO2. The summed E-state index contributed by atoms with van der Waals surface area (Å²) in [6.45, 7) is 8.43. The molecule has 1 saturated heterocycles. The predicted molar refractivity (Wildman–Crippen MR) is 150 cm³/mol. The zero-order valence-electron chi connectivity index (χ0n) is 21.2. The topological polar surface area (TPSA) is 18.5 Å². The van der Waals surface area contributed by atoms with Crippen molar-refractivity contribution in [3.8, 4) is 11.1 Å². The molecule has 7 rings (SSSR count). The van der Waals surface area contributed by atoms with Crippen LogP contribution in [0.5, 0.6) is 0 Å². The fraction of sp³-hybridized carbons (Fsp3) is 0.212. The lowest BCUT2D eigenvalue weighted by Crippen LogP contribution is -2.41. The molecule has 5 aromatic carbocycles. The summed E-state index contributed by atoms with van der Waals surface area (Å²) in [5.74, 6) is 0.201. The van der Waals surface area contributed by atoms with Crippen LogP contribution in [-0.4, -0.2) is 18.3 Å². The molecule has 2 aliphatic rings. The number of fused-ring (bicyclic) bond motifs is 6. The number of hydrogen-bond donors (Lipinski definition) is 0. The maximum absolute atomic E-state index is 6.38. The molecule has 0 aromatic heterocycles. The fourth-order valence-electron chi connectivity index (χ4n) is 5.90. The van der Waals surface area contributed by atoms with E-state index in [0.29, 0.717) is 0 Å². The Morgan fingerprint density at radius 2 is 1.22 bits per heavy atom. The molecule has 1 aliphatic carbocycles. The maximum Gasteiger partial charge on any atom is 0.494 e. The molecule has 5 aromatic rings. The Balaban J connectivity index is 1.37. The average molecular weight is 468 g/mol. The number of hydrogen-bond acceptors (Lipinski definition) is 2. The Bertz CT molecular complexity index is 1650. The molecule has 36 heavy (non-hydrogen) atoms. The van der Waals surface area contributed by atoms with E-state index in [4.69, 9.17) is 9.31 Å². The van der Waals surface area contributed by atoms with Crippen molar-refractivity contribution in [1.82, 2.24) is 0 Å². The van der Waals surface area contributed by atoms with E-state index in [-0.39, 0.29) is 24.2 Å². The first-order valence-corrected chi connectivity index (χ1v) is 12.8. The third-order valence-corrected chi connectivity index (χ3v) is 8.58. The Morgan fingerprint density at radius 1 is 0.583 bits per heavy atom. The lowest BCUT2D eigenvalue weighted by molar-refractivity contribution is 0.00578. The summed E-state index contributed by atoms with van der Waals surface area (Å²) in [6, 6.07) is 35.7. The van der Waals surface area contributed by atoms with E-state index in [1.54, 1.807) is 0 Å². The highest BCUT2D eigenvalue weighted by Crippen LogP contribution is 2.48. The molecule has 176 valence electrons. The zero-order chi connectivity index (χ0) is 24.7. The number of rotatable bonds is 2. The quantitative estimate of drug-likeness (QED) is 0.194. The van der Waals surface area contributed by atoms with Crippen molar-refractivity contribution in [2.24, 2.45) is 0 Å². The molecule has 0 spiro atoms. The second-order valence-electron chi connectivity index (χ2n) is 11.2. The molecule has 0 bridgehead atoms. The van der Waals surface area contributed by atoms with Gasteiger partial charge in [-0.2, -0.15) is 0 Å². The maximum atomic E-state index is 6.38. The molecule has 0 saturated carbocycles. The van der Waals surface area contributed by atoms with E-state index < -0.39 is 0 Å². The van der Waals surface area contributed by atoms with Crippen molar-refractivity contribution in [3.63, 3.8) is 0 Å². The summed E-state index contributed by atoms with van der Waals surface area (Å²) in [7, 11) is -0.362. The van der Waals surface area contributed by atoms with Gasteiger partial charge in [-0.3, -0.25) is 0 Å². The summed E-state index contributed by atoms with van der Waals surface area (Å²) >= 11 is 0. The van der Waals surface area contributed by atoms with E-state index in [1.807, 2.05) is 0 Å². The highest BCUT2D eigenvalue weighted by atomic mass is 16.7. The van der Waals surface area contributed by atoms with Gasteiger partial charge in [-0.15, -0.1) is 0 Å². The van der Waals surface area contributed by atoms with Crippen LogP contribution in [0.4, 0.5) is 0 Å². The first kappa shape index (κ1) is 21.9. The first-order chi connectivity index (χ1) is 17.3.